The molecular weight excluding hydrogens is 174 g/mol. The monoisotopic (exact) mass is 187 g/mol. The summed E-state index contributed by atoms with van der Waals surface area (Å²) < 4.78 is 0. The Bertz CT molecular complexity index is 458. The van der Waals surface area contributed by atoms with Gasteiger partial charge >= 0.3 is 0 Å². The van der Waals surface area contributed by atoms with E-state index < -0.39 is 0 Å². The van der Waals surface area contributed by atoms with Crippen LogP contribution in [0.3, 0.4) is 0 Å². The van der Waals surface area contributed by atoms with Gasteiger partial charge in [0.1, 0.15) is 11.5 Å². The predicted molar refractivity (Wildman–Crippen MR) is 59.5 cm³/mol. The summed E-state index contributed by atoms with van der Waals surface area (Å²) in [5, 5.41) is 9.32. The number of pyridine rings is 1. The molecule has 0 amide bonds. The Hall–Kier alpha value is -1.90. The van der Waals surface area contributed by atoms with E-state index in [2.05, 4.69) is 4.98 Å². The molecule has 0 atom stereocenters. The minimum Gasteiger partial charge on any atom is -0.382 e. The van der Waals surface area contributed by atoms with Gasteiger partial charge in [-0.05, 0) is 11.5 Å². The molecule has 1 heterocycles. The molecule has 0 bridgehead atoms. The maximum Gasteiger partial charge on any atom is 0.142 e. The third-order valence-corrected chi connectivity index (χ3v) is 1.93. The summed E-state index contributed by atoms with van der Waals surface area (Å²) >= 11 is 0. The van der Waals surface area contributed by atoms with Gasteiger partial charge in [-0.15, -0.1) is 0 Å². The number of benzene rings is 1. The molecule has 0 saturated heterocycles. The second-order valence-corrected chi connectivity index (χ2v) is 2.79. The quantitative estimate of drug-likeness (QED) is 0.530. The Morgan fingerprint density at radius 2 is 1.93 bits per heavy atom. The summed E-state index contributed by atoms with van der Waals surface area (Å²) in [4.78, 5) is 4.06. The lowest BCUT2D eigenvalue weighted by Gasteiger charge is -2.02. The number of nitrogens with two attached hydrogens (primary N) is 1. The first kappa shape index (κ1) is 10.2. The highest BCUT2D eigenvalue weighted by molar-refractivity contribution is 6.05. The Kier molecular flexibility index (Phi) is 2.82. The summed E-state index contributed by atoms with van der Waals surface area (Å²) in [6.07, 6.45) is 1.67. The highest BCUT2D eigenvalue weighted by Crippen LogP contribution is 2.15. The molecular formula is C11H13N3. The van der Waals surface area contributed by atoms with Crippen LogP contribution < -0.4 is 5.73 Å². The van der Waals surface area contributed by atoms with Gasteiger partial charge in [-0.1, -0.05) is 31.7 Å². The Balaban J connectivity index is 0.000000980. The Morgan fingerprint density at radius 1 is 1.21 bits per heavy atom. The van der Waals surface area contributed by atoms with Gasteiger partial charge in [-0.2, -0.15) is 0 Å². The van der Waals surface area contributed by atoms with Crippen molar-refractivity contribution in [3.63, 3.8) is 0 Å². The molecule has 3 nitrogen and oxygen atoms in total. The zero-order valence-corrected chi connectivity index (χ0v) is 6.99. The van der Waals surface area contributed by atoms with Crippen LogP contribution in [0.1, 0.15) is 13.1 Å². The van der Waals surface area contributed by atoms with Crippen molar-refractivity contribution >= 4 is 16.6 Å². The SMILES string of the molecule is C.N=C(N)c1nccc2ccccc12. The first-order valence-electron chi connectivity index (χ1n) is 3.97. The molecule has 0 unspecified atom stereocenters. The molecule has 0 aliphatic rings. The molecule has 3 heteroatoms. The topological polar surface area (TPSA) is 62.8 Å². The minimum atomic E-state index is 0. The van der Waals surface area contributed by atoms with E-state index in [0.29, 0.717) is 5.69 Å². The normalized spacial score (nSPS) is 9.43. The predicted octanol–water partition coefficient (Wildman–Crippen LogP) is 2.15. The molecule has 0 aliphatic heterocycles. The summed E-state index contributed by atoms with van der Waals surface area (Å²) in [5.41, 5.74) is 5.95. The Morgan fingerprint density at radius 3 is 2.64 bits per heavy atom. The number of nitrogens with zero attached hydrogens (tertiary/aromatic N) is 1. The molecule has 2 aromatic rings. The van der Waals surface area contributed by atoms with Gasteiger partial charge < -0.3 is 5.73 Å². The fraction of sp³-hybridized carbons (Fsp3) is 0.0909. The van der Waals surface area contributed by atoms with Crippen LogP contribution in [0.4, 0.5) is 0 Å². The summed E-state index contributed by atoms with van der Waals surface area (Å²) in [5.74, 6) is 0.0109. The summed E-state index contributed by atoms with van der Waals surface area (Å²) in [6.45, 7) is 0. The van der Waals surface area contributed by atoms with E-state index in [0.717, 1.165) is 10.8 Å². The highest BCUT2D eigenvalue weighted by atomic mass is 14.8. The molecule has 0 radical (unpaired) electrons. The fourth-order valence-corrected chi connectivity index (χ4v) is 1.33. The lowest BCUT2D eigenvalue weighted by Crippen LogP contribution is -2.13. The number of rotatable bonds is 1. The molecule has 0 fully saturated rings. The van der Waals surface area contributed by atoms with Gasteiger partial charge in [0.25, 0.3) is 0 Å². The lowest BCUT2D eigenvalue weighted by atomic mass is 10.1. The van der Waals surface area contributed by atoms with E-state index in [1.165, 1.54) is 0 Å². The van der Waals surface area contributed by atoms with Gasteiger partial charge in [0.2, 0.25) is 0 Å². The number of amidine groups is 1. The van der Waals surface area contributed by atoms with Crippen molar-refractivity contribution in [3.8, 4) is 0 Å². The smallest absolute Gasteiger partial charge is 0.142 e. The summed E-state index contributed by atoms with van der Waals surface area (Å²) in [7, 11) is 0. The van der Waals surface area contributed by atoms with E-state index >= 15 is 0 Å². The van der Waals surface area contributed by atoms with Crippen molar-refractivity contribution in [1.82, 2.24) is 4.98 Å². The number of fused-ring (bicyclic) bond motifs is 1. The zero-order chi connectivity index (χ0) is 9.26. The maximum atomic E-state index is 7.33. The zero-order valence-electron chi connectivity index (χ0n) is 6.99. The number of nitrogen functional groups attached to an aromatic ring is 1. The van der Waals surface area contributed by atoms with Crippen LogP contribution in [0, 0.1) is 5.41 Å². The van der Waals surface area contributed by atoms with Crippen LogP contribution >= 0.6 is 0 Å². The minimum absolute atomic E-state index is 0. The molecule has 0 saturated carbocycles. The van der Waals surface area contributed by atoms with Crippen molar-refractivity contribution in [2.45, 2.75) is 7.43 Å². The molecule has 3 N–H and O–H groups in total. The van der Waals surface area contributed by atoms with Gasteiger partial charge in [0.05, 0.1) is 0 Å². The van der Waals surface area contributed by atoms with E-state index in [-0.39, 0.29) is 13.3 Å². The molecule has 72 valence electrons. The molecule has 1 aromatic heterocycles. The molecule has 0 aliphatic carbocycles. The number of hydrogen-bond acceptors (Lipinski definition) is 2. The number of aromatic nitrogens is 1. The first-order chi connectivity index (χ1) is 6.29. The Labute approximate surface area is 83.1 Å². The lowest BCUT2D eigenvalue weighted by molar-refractivity contribution is 1.28. The van der Waals surface area contributed by atoms with Gasteiger partial charge in [-0.25, -0.2) is 0 Å². The second-order valence-electron chi connectivity index (χ2n) is 2.79. The molecule has 14 heavy (non-hydrogen) atoms. The van der Waals surface area contributed by atoms with Crippen molar-refractivity contribution in [1.29, 1.82) is 5.41 Å². The average molecular weight is 187 g/mol. The van der Waals surface area contributed by atoms with Gasteiger partial charge in [-0.3, -0.25) is 10.4 Å². The van der Waals surface area contributed by atoms with E-state index in [9.17, 15) is 0 Å². The fourth-order valence-electron chi connectivity index (χ4n) is 1.33. The van der Waals surface area contributed by atoms with E-state index in [4.69, 9.17) is 11.1 Å². The van der Waals surface area contributed by atoms with Crippen LogP contribution in [0.15, 0.2) is 36.5 Å². The van der Waals surface area contributed by atoms with Crippen molar-refractivity contribution in [3.05, 3.63) is 42.2 Å². The maximum absolute atomic E-state index is 7.33. The average Bonchev–Trinajstić information content (AvgIpc) is 2.17. The molecule has 2 rings (SSSR count). The molecule has 1 aromatic carbocycles. The largest absolute Gasteiger partial charge is 0.382 e. The van der Waals surface area contributed by atoms with Gasteiger partial charge in [0, 0.05) is 11.6 Å². The van der Waals surface area contributed by atoms with Crippen LogP contribution in [0.25, 0.3) is 10.8 Å². The van der Waals surface area contributed by atoms with Crippen LogP contribution in [0.5, 0.6) is 0 Å². The van der Waals surface area contributed by atoms with Crippen LogP contribution in [-0.2, 0) is 0 Å². The first-order valence-corrected chi connectivity index (χ1v) is 3.97. The standard InChI is InChI=1S/C10H9N3.CH4/c11-10(12)9-8-4-2-1-3-7(8)5-6-13-9;/h1-6H,(H3,11,12);1H4. The second kappa shape index (κ2) is 3.87. The van der Waals surface area contributed by atoms with Crippen molar-refractivity contribution in [2.75, 3.05) is 0 Å². The van der Waals surface area contributed by atoms with Crippen LogP contribution in [0.2, 0.25) is 0 Å². The number of hydrogen-bond donors (Lipinski definition) is 2. The third-order valence-electron chi connectivity index (χ3n) is 1.93. The van der Waals surface area contributed by atoms with Crippen LogP contribution in [-0.4, -0.2) is 10.8 Å². The van der Waals surface area contributed by atoms with Crippen molar-refractivity contribution in [2.24, 2.45) is 5.73 Å². The van der Waals surface area contributed by atoms with Crippen molar-refractivity contribution < 1.29 is 0 Å². The summed E-state index contributed by atoms with van der Waals surface area (Å²) in [6, 6.07) is 9.66. The highest BCUT2D eigenvalue weighted by Gasteiger charge is 2.02. The molecule has 0 spiro atoms. The van der Waals surface area contributed by atoms with Gasteiger partial charge in [0.15, 0.2) is 0 Å². The number of nitrogens with one attached hydrogen (secondary N) is 1. The van der Waals surface area contributed by atoms with E-state index in [1.807, 2.05) is 30.3 Å². The third kappa shape index (κ3) is 1.57. The van der Waals surface area contributed by atoms with E-state index in [1.54, 1.807) is 6.20 Å².